The third kappa shape index (κ3) is 4.12. The van der Waals surface area contributed by atoms with Gasteiger partial charge in [-0.2, -0.15) is 0 Å². The quantitative estimate of drug-likeness (QED) is 0.629. The summed E-state index contributed by atoms with van der Waals surface area (Å²) in [6.07, 6.45) is 2.89. The minimum atomic E-state index is -0.339. The molecule has 1 amide bonds. The lowest BCUT2D eigenvalue weighted by Crippen LogP contribution is -2.13. The largest absolute Gasteiger partial charge is 0.323 e. The number of benzene rings is 2. The highest BCUT2D eigenvalue weighted by Gasteiger charge is 2.11. The summed E-state index contributed by atoms with van der Waals surface area (Å²) >= 11 is 12.3. The van der Waals surface area contributed by atoms with Crippen LogP contribution in [-0.4, -0.2) is 15.9 Å². The fourth-order valence-electron chi connectivity index (χ4n) is 2.45. The molecular weight excluding hydrogens is 371 g/mol. The van der Waals surface area contributed by atoms with Crippen molar-refractivity contribution in [3.63, 3.8) is 0 Å². The first-order valence-electron chi connectivity index (χ1n) is 7.86. The molecule has 2 aromatic carbocycles. The van der Waals surface area contributed by atoms with Crippen molar-refractivity contribution in [3.8, 4) is 0 Å². The second kappa shape index (κ2) is 7.72. The van der Waals surface area contributed by atoms with Crippen LogP contribution in [0.2, 0.25) is 10.0 Å². The summed E-state index contributed by atoms with van der Waals surface area (Å²) < 4.78 is 0. The van der Waals surface area contributed by atoms with Crippen LogP contribution >= 0.6 is 23.2 Å². The van der Waals surface area contributed by atoms with Gasteiger partial charge in [0.2, 0.25) is 5.95 Å². The molecule has 132 valence electrons. The van der Waals surface area contributed by atoms with Gasteiger partial charge < -0.3 is 10.6 Å². The zero-order valence-corrected chi connectivity index (χ0v) is 15.7. The summed E-state index contributed by atoms with van der Waals surface area (Å²) in [5.41, 5.74) is 3.65. The van der Waals surface area contributed by atoms with Crippen molar-refractivity contribution in [2.75, 3.05) is 10.6 Å². The Balaban J connectivity index is 1.75. The van der Waals surface area contributed by atoms with E-state index in [0.717, 1.165) is 16.8 Å². The van der Waals surface area contributed by atoms with Gasteiger partial charge in [-0.1, -0.05) is 41.4 Å². The minimum Gasteiger partial charge on any atom is -0.323 e. The number of carbonyl (C=O) groups excluding carboxylic acids is 1. The molecule has 0 atom stereocenters. The average molecular weight is 387 g/mol. The van der Waals surface area contributed by atoms with Crippen molar-refractivity contribution in [1.82, 2.24) is 9.97 Å². The number of hydrogen-bond acceptors (Lipinski definition) is 4. The Morgan fingerprint density at radius 1 is 1.00 bits per heavy atom. The van der Waals surface area contributed by atoms with Crippen LogP contribution in [0.3, 0.4) is 0 Å². The molecular formula is C19H16Cl2N4O. The zero-order valence-electron chi connectivity index (χ0n) is 14.2. The molecule has 0 fully saturated rings. The van der Waals surface area contributed by atoms with Gasteiger partial charge in [0, 0.05) is 12.4 Å². The Labute approximate surface area is 161 Å². The fraction of sp³-hybridized carbons (Fsp3) is 0.105. The minimum absolute atomic E-state index is 0.321. The highest BCUT2D eigenvalue weighted by Crippen LogP contribution is 2.29. The van der Waals surface area contributed by atoms with E-state index in [4.69, 9.17) is 23.2 Å². The number of aromatic nitrogens is 2. The Hall–Kier alpha value is -2.63. The van der Waals surface area contributed by atoms with Gasteiger partial charge in [-0.05, 0) is 43.2 Å². The Bertz CT molecular complexity index is 935. The van der Waals surface area contributed by atoms with Gasteiger partial charge in [0.25, 0.3) is 5.91 Å². The maximum Gasteiger partial charge on any atom is 0.258 e. The Morgan fingerprint density at radius 3 is 2.35 bits per heavy atom. The number of nitrogens with zero attached hydrogens (tertiary/aromatic N) is 2. The molecule has 0 aliphatic carbocycles. The lowest BCUT2D eigenvalue weighted by Gasteiger charge is -2.11. The van der Waals surface area contributed by atoms with Gasteiger partial charge in [0.15, 0.2) is 0 Å². The molecule has 1 aromatic heterocycles. The van der Waals surface area contributed by atoms with Gasteiger partial charge in [0.1, 0.15) is 0 Å². The maximum absolute atomic E-state index is 12.3. The number of para-hydroxylation sites is 1. The number of hydrogen-bond donors (Lipinski definition) is 2. The van der Waals surface area contributed by atoms with Gasteiger partial charge in [-0.25, -0.2) is 9.97 Å². The molecule has 0 saturated heterocycles. The SMILES string of the molecule is Cc1cc(C)c(Nc2ncc(C(=O)Nc3ccccc3Cl)cn2)c(Cl)c1. The first-order valence-corrected chi connectivity index (χ1v) is 8.61. The van der Waals surface area contributed by atoms with Gasteiger partial charge in [-0.15, -0.1) is 0 Å². The first-order chi connectivity index (χ1) is 12.4. The van der Waals surface area contributed by atoms with Crippen LogP contribution in [0, 0.1) is 13.8 Å². The lowest BCUT2D eigenvalue weighted by atomic mass is 10.1. The number of nitrogens with one attached hydrogen (secondary N) is 2. The summed E-state index contributed by atoms with van der Waals surface area (Å²) in [5.74, 6) is 0.0161. The number of anilines is 3. The van der Waals surface area contributed by atoms with Crippen LogP contribution in [0.4, 0.5) is 17.3 Å². The summed E-state index contributed by atoms with van der Waals surface area (Å²) in [6, 6.07) is 10.9. The molecule has 0 bridgehead atoms. The second-order valence-electron chi connectivity index (χ2n) is 5.79. The molecule has 0 radical (unpaired) electrons. The molecule has 0 spiro atoms. The van der Waals surface area contributed by atoms with Crippen LogP contribution < -0.4 is 10.6 Å². The van der Waals surface area contributed by atoms with E-state index in [1.54, 1.807) is 24.3 Å². The standard InChI is InChI=1S/C19H16Cl2N4O/c1-11-7-12(2)17(15(21)8-11)25-19-22-9-13(10-23-19)18(26)24-16-6-4-3-5-14(16)20/h3-10H,1-2H3,(H,24,26)(H,22,23,25). The number of amides is 1. The van der Waals surface area contributed by atoms with Crippen LogP contribution in [0.5, 0.6) is 0 Å². The monoisotopic (exact) mass is 386 g/mol. The molecule has 0 aliphatic heterocycles. The number of rotatable bonds is 4. The van der Waals surface area contributed by atoms with Crippen molar-refractivity contribution >= 4 is 46.4 Å². The van der Waals surface area contributed by atoms with E-state index in [0.29, 0.717) is 27.2 Å². The van der Waals surface area contributed by atoms with E-state index in [1.807, 2.05) is 26.0 Å². The van der Waals surface area contributed by atoms with Gasteiger partial charge in [-0.3, -0.25) is 4.79 Å². The number of carbonyl (C=O) groups is 1. The molecule has 2 N–H and O–H groups in total. The zero-order chi connectivity index (χ0) is 18.7. The van der Waals surface area contributed by atoms with E-state index in [1.165, 1.54) is 12.4 Å². The fourth-order valence-corrected chi connectivity index (χ4v) is 3.00. The van der Waals surface area contributed by atoms with Gasteiger partial charge in [0.05, 0.1) is 27.0 Å². The van der Waals surface area contributed by atoms with Crippen molar-refractivity contribution < 1.29 is 4.79 Å². The smallest absolute Gasteiger partial charge is 0.258 e. The number of aryl methyl sites for hydroxylation is 2. The summed E-state index contributed by atoms with van der Waals surface area (Å²) in [7, 11) is 0. The van der Waals surface area contributed by atoms with Gasteiger partial charge >= 0.3 is 0 Å². The molecule has 1 heterocycles. The lowest BCUT2D eigenvalue weighted by molar-refractivity contribution is 0.102. The van der Waals surface area contributed by atoms with E-state index < -0.39 is 0 Å². The summed E-state index contributed by atoms with van der Waals surface area (Å²) in [4.78, 5) is 20.7. The van der Waals surface area contributed by atoms with E-state index >= 15 is 0 Å². The second-order valence-corrected chi connectivity index (χ2v) is 6.61. The van der Waals surface area contributed by atoms with Crippen molar-refractivity contribution in [3.05, 3.63) is 75.5 Å². The van der Waals surface area contributed by atoms with Crippen LogP contribution in [-0.2, 0) is 0 Å². The normalized spacial score (nSPS) is 10.5. The van der Waals surface area contributed by atoms with Crippen LogP contribution in [0.1, 0.15) is 21.5 Å². The van der Waals surface area contributed by atoms with E-state index in [2.05, 4.69) is 20.6 Å². The molecule has 26 heavy (non-hydrogen) atoms. The summed E-state index contributed by atoms with van der Waals surface area (Å²) in [5, 5.41) is 6.87. The van der Waals surface area contributed by atoms with E-state index in [-0.39, 0.29) is 5.91 Å². The Kier molecular flexibility index (Phi) is 5.40. The van der Waals surface area contributed by atoms with Crippen LogP contribution in [0.15, 0.2) is 48.8 Å². The predicted molar refractivity (Wildman–Crippen MR) is 106 cm³/mol. The van der Waals surface area contributed by atoms with Crippen molar-refractivity contribution in [1.29, 1.82) is 0 Å². The van der Waals surface area contributed by atoms with Crippen molar-refractivity contribution in [2.45, 2.75) is 13.8 Å². The molecule has 0 saturated carbocycles. The van der Waals surface area contributed by atoms with E-state index in [9.17, 15) is 4.79 Å². The Morgan fingerprint density at radius 2 is 1.69 bits per heavy atom. The molecule has 3 rings (SSSR count). The topological polar surface area (TPSA) is 66.9 Å². The van der Waals surface area contributed by atoms with Crippen molar-refractivity contribution in [2.24, 2.45) is 0 Å². The third-order valence-corrected chi connectivity index (χ3v) is 4.33. The highest BCUT2D eigenvalue weighted by atomic mass is 35.5. The predicted octanol–water partition coefficient (Wildman–Crippen LogP) is 5.40. The first kappa shape index (κ1) is 18.2. The molecule has 7 heteroatoms. The molecule has 3 aromatic rings. The summed E-state index contributed by atoms with van der Waals surface area (Å²) in [6.45, 7) is 3.93. The maximum atomic E-state index is 12.3. The average Bonchev–Trinajstić information content (AvgIpc) is 2.60. The molecule has 5 nitrogen and oxygen atoms in total. The molecule has 0 aliphatic rings. The highest BCUT2D eigenvalue weighted by molar-refractivity contribution is 6.34. The molecule has 0 unspecified atom stereocenters. The number of halogens is 2. The third-order valence-electron chi connectivity index (χ3n) is 3.70. The van der Waals surface area contributed by atoms with Crippen LogP contribution in [0.25, 0.3) is 0 Å².